The Labute approximate surface area is 96.9 Å². The molecule has 0 radical (unpaired) electrons. The van der Waals surface area contributed by atoms with Gasteiger partial charge in [-0.3, -0.25) is 0 Å². The van der Waals surface area contributed by atoms with E-state index < -0.39 is 5.95 Å². The molecule has 0 spiro atoms. The number of fused-ring (bicyclic) bond motifs is 1. The van der Waals surface area contributed by atoms with Crippen LogP contribution in [0.25, 0.3) is 11.2 Å². The number of halogens is 1. The van der Waals surface area contributed by atoms with Crippen LogP contribution in [0.4, 0.5) is 4.39 Å². The molecule has 4 heteroatoms. The minimum Gasteiger partial charge on any atom is -0.441 e. The summed E-state index contributed by atoms with van der Waals surface area (Å²) in [6.07, 6.45) is 1.74. The van der Waals surface area contributed by atoms with Crippen molar-refractivity contribution in [3.05, 3.63) is 59.9 Å². The summed E-state index contributed by atoms with van der Waals surface area (Å²) in [4.78, 5) is 7.55. The highest BCUT2D eigenvalue weighted by Gasteiger charge is 2.07. The molecule has 0 aliphatic rings. The lowest BCUT2D eigenvalue weighted by molar-refractivity contribution is 0.527. The topological polar surface area (TPSA) is 38.9 Å². The van der Waals surface area contributed by atoms with Gasteiger partial charge in [-0.25, -0.2) is 4.98 Å². The van der Waals surface area contributed by atoms with Crippen molar-refractivity contribution in [2.24, 2.45) is 0 Å². The van der Waals surface area contributed by atoms with Crippen molar-refractivity contribution in [2.45, 2.75) is 6.42 Å². The second kappa shape index (κ2) is 3.97. The molecule has 17 heavy (non-hydrogen) atoms. The number of furan rings is 1. The zero-order valence-corrected chi connectivity index (χ0v) is 8.93. The van der Waals surface area contributed by atoms with Gasteiger partial charge >= 0.3 is 0 Å². The number of hydrogen-bond donors (Lipinski definition) is 0. The van der Waals surface area contributed by atoms with Crippen molar-refractivity contribution in [1.29, 1.82) is 0 Å². The standard InChI is InChI=1S/C13H9FN2O/c14-12-8-15-11-7-10(17-13(11)16-12)6-9-4-2-1-3-5-9/h1-5,7-8H,6H2. The molecule has 0 aliphatic heterocycles. The van der Waals surface area contributed by atoms with Crippen LogP contribution in [0.1, 0.15) is 11.3 Å². The summed E-state index contributed by atoms with van der Waals surface area (Å²) < 4.78 is 18.3. The summed E-state index contributed by atoms with van der Waals surface area (Å²) in [5.41, 5.74) is 1.96. The van der Waals surface area contributed by atoms with Crippen molar-refractivity contribution in [1.82, 2.24) is 9.97 Å². The number of hydrogen-bond acceptors (Lipinski definition) is 3. The van der Waals surface area contributed by atoms with E-state index in [0.29, 0.717) is 11.9 Å². The van der Waals surface area contributed by atoms with Gasteiger partial charge in [-0.15, -0.1) is 0 Å². The van der Waals surface area contributed by atoms with Gasteiger partial charge in [0.15, 0.2) is 0 Å². The normalized spacial score (nSPS) is 10.9. The van der Waals surface area contributed by atoms with Gasteiger partial charge in [0.1, 0.15) is 11.3 Å². The molecule has 2 aromatic heterocycles. The molecule has 2 heterocycles. The summed E-state index contributed by atoms with van der Waals surface area (Å²) in [6, 6.07) is 11.7. The Morgan fingerprint density at radius 2 is 2.00 bits per heavy atom. The highest BCUT2D eigenvalue weighted by Crippen LogP contribution is 2.18. The van der Waals surface area contributed by atoms with Crippen LogP contribution in [0.15, 0.2) is 47.0 Å². The molecule has 0 atom stereocenters. The fourth-order valence-corrected chi connectivity index (χ4v) is 1.73. The monoisotopic (exact) mass is 228 g/mol. The molecular formula is C13H9FN2O. The van der Waals surface area contributed by atoms with Gasteiger partial charge in [0, 0.05) is 12.5 Å². The fraction of sp³-hybridized carbons (Fsp3) is 0.0769. The molecule has 3 aromatic rings. The van der Waals surface area contributed by atoms with E-state index in [0.717, 1.165) is 17.5 Å². The second-order valence-electron chi connectivity index (χ2n) is 3.76. The predicted octanol–water partition coefficient (Wildman–Crippen LogP) is 2.95. The van der Waals surface area contributed by atoms with E-state index >= 15 is 0 Å². The minimum absolute atomic E-state index is 0.246. The smallest absolute Gasteiger partial charge is 0.248 e. The third-order valence-electron chi connectivity index (χ3n) is 2.48. The van der Waals surface area contributed by atoms with Gasteiger partial charge in [-0.05, 0) is 5.56 Å². The van der Waals surface area contributed by atoms with Crippen molar-refractivity contribution in [3.8, 4) is 0 Å². The van der Waals surface area contributed by atoms with E-state index in [4.69, 9.17) is 4.42 Å². The lowest BCUT2D eigenvalue weighted by Gasteiger charge is -1.95. The number of aromatic nitrogens is 2. The Morgan fingerprint density at radius 1 is 1.18 bits per heavy atom. The van der Waals surface area contributed by atoms with Crippen LogP contribution >= 0.6 is 0 Å². The molecule has 0 fully saturated rings. The fourth-order valence-electron chi connectivity index (χ4n) is 1.73. The van der Waals surface area contributed by atoms with Crippen LogP contribution in [0, 0.1) is 5.95 Å². The molecule has 0 saturated heterocycles. The Morgan fingerprint density at radius 3 is 2.82 bits per heavy atom. The number of rotatable bonds is 2. The van der Waals surface area contributed by atoms with Crippen LogP contribution in [0.5, 0.6) is 0 Å². The summed E-state index contributed by atoms with van der Waals surface area (Å²) >= 11 is 0. The largest absolute Gasteiger partial charge is 0.441 e. The maximum atomic E-state index is 12.8. The lowest BCUT2D eigenvalue weighted by Crippen LogP contribution is -1.83. The van der Waals surface area contributed by atoms with Crippen LogP contribution in [0.2, 0.25) is 0 Å². The Balaban J connectivity index is 1.96. The SMILES string of the molecule is Fc1cnc2cc(Cc3ccccc3)oc2n1. The maximum Gasteiger partial charge on any atom is 0.248 e. The zero-order valence-electron chi connectivity index (χ0n) is 8.93. The zero-order chi connectivity index (χ0) is 11.7. The lowest BCUT2D eigenvalue weighted by atomic mass is 10.1. The predicted molar refractivity (Wildman–Crippen MR) is 61.0 cm³/mol. The quantitative estimate of drug-likeness (QED) is 0.676. The molecule has 3 rings (SSSR count). The van der Waals surface area contributed by atoms with E-state index in [-0.39, 0.29) is 5.71 Å². The molecule has 0 amide bonds. The first-order chi connectivity index (χ1) is 8.31. The van der Waals surface area contributed by atoms with Gasteiger partial charge in [0.2, 0.25) is 11.7 Å². The van der Waals surface area contributed by atoms with Crippen LogP contribution < -0.4 is 0 Å². The highest BCUT2D eigenvalue weighted by molar-refractivity contribution is 5.68. The summed E-state index contributed by atoms with van der Waals surface area (Å²) in [6.45, 7) is 0. The number of benzene rings is 1. The van der Waals surface area contributed by atoms with Crippen molar-refractivity contribution in [2.75, 3.05) is 0 Å². The third kappa shape index (κ3) is 2.01. The summed E-state index contributed by atoms with van der Waals surface area (Å²) in [7, 11) is 0. The van der Waals surface area contributed by atoms with E-state index in [1.54, 1.807) is 6.07 Å². The minimum atomic E-state index is -0.627. The van der Waals surface area contributed by atoms with E-state index in [9.17, 15) is 4.39 Å². The van der Waals surface area contributed by atoms with Crippen LogP contribution in [-0.2, 0) is 6.42 Å². The van der Waals surface area contributed by atoms with Gasteiger partial charge in [0.25, 0.3) is 0 Å². The summed E-state index contributed by atoms with van der Waals surface area (Å²) in [5, 5.41) is 0. The molecule has 0 unspecified atom stereocenters. The average Bonchev–Trinajstić information content (AvgIpc) is 2.71. The first kappa shape index (κ1) is 9.96. The highest BCUT2D eigenvalue weighted by atomic mass is 19.1. The number of nitrogens with zero attached hydrogens (tertiary/aromatic N) is 2. The van der Waals surface area contributed by atoms with Gasteiger partial charge in [-0.2, -0.15) is 9.37 Å². The molecule has 3 nitrogen and oxygen atoms in total. The molecule has 0 aliphatic carbocycles. The van der Waals surface area contributed by atoms with Gasteiger partial charge < -0.3 is 4.42 Å². The van der Waals surface area contributed by atoms with Crippen LogP contribution in [-0.4, -0.2) is 9.97 Å². The summed E-state index contributed by atoms with van der Waals surface area (Å²) in [5.74, 6) is 0.106. The van der Waals surface area contributed by atoms with Crippen molar-refractivity contribution >= 4 is 11.2 Å². The first-order valence-electron chi connectivity index (χ1n) is 5.26. The maximum absolute atomic E-state index is 12.8. The molecular weight excluding hydrogens is 219 g/mol. The molecule has 0 saturated carbocycles. The van der Waals surface area contributed by atoms with Crippen molar-refractivity contribution in [3.63, 3.8) is 0 Å². The molecule has 0 N–H and O–H groups in total. The first-order valence-corrected chi connectivity index (χ1v) is 5.26. The average molecular weight is 228 g/mol. The Kier molecular flexibility index (Phi) is 2.33. The Bertz CT molecular complexity index is 649. The van der Waals surface area contributed by atoms with Crippen molar-refractivity contribution < 1.29 is 8.81 Å². The Hall–Kier alpha value is -2.23. The van der Waals surface area contributed by atoms with E-state index in [2.05, 4.69) is 9.97 Å². The van der Waals surface area contributed by atoms with E-state index in [1.165, 1.54) is 0 Å². The van der Waals surface area contributed by atoms with Gasteiger partial charge in [0.05, 0.1) is 6.20 Å². The second-order valence-corrected chi connectivity index (χ2v) is 3.76. The van der Waals surface area contributed by atoms with E-state index in [1.807, 2.05) is 30.3 Å². The third-order valence-corrected chi connectivity index (χ3v) is 2.48. The molecule has 0 bridgehead atoms. The molecule has 1 aromatic carbocycles. The molecule has 84 valence electrons. The van der Waals surface area contributed by atoms with Crippen LogP contribution in [0.3, 0.4) is 0 Å². The van der Waals surface area contributed by atoms with Gasteiger partial charge in [-0.1, -0.05) is 30.3 Å².